The molecule has 0 saturated heterocycles. The van der Waals surface area contributed by atoms with Crippen molar-refractivity contribution in [2.45, 2.75) is 39.2 Å². The highest BCUT2D eigenvalue weighted by molar-refractivity contribution is 5.83. The second-order valence-electron chi connectivity index (χ2n) is 4.20. The number of rotatable bonds is 4. The monoisotopic (exact) mass is 185 g/mol. The highest BCUT2D eigenvalue weighted by Crippen LogP contribution is 2.41. The van der Waals surface area contributed by atoms with Crippen LogP contribution in [0.4, 0.5) is 0 Å². The molecule has 0 unspecified atom stereocenters. The van der Waals surface area contributed by atoms with Crippen LogP contribution in [0.5, 0.6) is 0 Å². The van der Waals surface area contributed by atoms with Crippen LogP contribution in [0.15, 0.2) is 0 Å². The molecule has 1 amide bonds. The Labute approximate surface area is 79.8 Å². The van der Waals surface area contributed by atoms with E-state index in [-0.39, 0.29) is 17.4 Å². The molecule has 1 rings (SSSR count). The Hall–Kier alpha value is -0.570. The second kappa shape index (κ2) is 4.09. The molecule has 0 atom stereocenters. The first kappa shape index (κ1) is 10.5. The van der Waals surface area contributed by atoms with Gasteiger partial charge in [-0.3, -0.25) is 4.79 Å². The molecule has 0 aromatic rings. The minimum absolute atomic E-state index is 0.163. The molecule has 1 N–H and O–H groups in total. The van der Waals surface area contributed by atoms with Crippen molar-refractivity contribution in [2.75, 3.05) is 13.7 Å². The molecule has 0 bridgehead atoms. The summed E-state index contributed by atoms with van der Waals surface area (Å²) in [6.45, 7) is 4.53. The van der Waals surface area contributed by atoms with Crippen LogP contribution in [0, 0.1) is 5.41 Å². The fourth-order valence-corrected chi connectivity index (χ4v) is 1.73. The first-order valence-electron chi connectivity index (χ1n) is 4.91. The van der Waals surface area contributed by atoms with E-state index in [1.165, 1.54) is 0 Å². The number of ether oxygens (including phenoxy) is 1. The average Bonchev–Trinajstić information content (AvgIpc) is 1.94. The summed E-state index contributed by atoms with van der Waals surface area (Å²) in [4.78, 5) is 11.8. The fourth-order valence-electron chi connectivity index (χ4n) is 1.73. The van der Waals surface area contributed by atoms with Crippen LogP contribution in [0.1, 0.15) is 33.1 Å². The molecule has 1 fully saturated rings. The third-order valence-electron chi connectivity index (χ3n) is 2.63. The smallest absolute Gasteiger partial charge is 0.228 e. The molecule has 0 aliphatic heterocycles. The number of hydrogen-bond donors (Lipinski definition) is 1. The number of amides is 1. The topological polar surface area (TPSA) is 38.3 Å². The summed E-state index contributed by atoms with van der Waals surface area (Å²) in [6, 6.07) is 0.224. The Balaban J connectivity index is 2.50. The van der Waals surface area contributed by atoms with Crippen molar-refractivity contribution in [2.24, 2.45) is 5.41 Å². The summed E-state index contributed by atoms with van der Waals surface area (Å²) >= 11 is 0. The van der Waals surface area contributed by atoms with Crippen molar-refractivity contribution < 1.29 is 9.53 Å². The molecule has 3 nitrogen and oxygen atoms in total. The van der Waals surface area contributed by atoms with Gasteiger partial charge in [0.2, 0.25) is 5.91 Å². The summed E-state index contributed by atoms with van der Waals surface area (Å²) in [6.07, 6.45) is 3.09. The first-order chi connectivity index (χ1) is 6.10. The van der Waals surface area contributed by atoms with Crippen LogP contribution in [-0.2, 0) is 9.53 Å². The summed E-state index contributed by atoms with van der Waals surface area (Å²) in [5.41, 5.74) is -0.209. The van der Waals surface area contributed by atoms with E-state index in [2.05, 4.69) is 5.32 Å². The largest absolute Gasteiger partial charge is 0.384 e. The standard InChI is InChI=1S/C10H19NO2/c1-8(2)11-9(12)10(7-13-3)5-4-6-10/h8H,4-7H2,1-3H3,(H,11,12). The van der Waals surface area contributed by atoms with Crippen LogP contribution in [0.3, 0.4) is 0 Å². The number of carbonyl (C=O) groups is 1. The van der Waals surface area contributed by atoms with Gasteiger partial charge in [-0.25, -0.2) is 0 Å². The maximum absolute atomic E-state index is 11.8. The Morgan fingerprint density at radius 2 is 2.15 bits per heavy atom. The number of nitrogens with one attached hydrogen (secondary N) is 1. The molecular weight excluding hydrogens is 166 g/mol. The predicted octanol–water partition coefficient (Wildman–Crippen LogP) is 1.33. The lowest BCUT2D eigenvalue weighted by Gasteiger charge is -2.39. The summed E-state index contributed by atoms with van der Waals surface area (Å²) < 4.78 is 5.09. The van der Waals surface area contributed by atoms with E-state index in [0.29, 0.717) is 6.61 Å². The van der Waals surface area contributed by atoms with Crippen molar-refractivity contribution in [3.05, 3.63) is 0 Å². The van der Waals surface area contributed by atoms with Gasteiger partial charge >= 0.3 is 0 Å². The van der Waals surface area contributed by atoms with Crippen LogP contribution in [0.25, 0.3) is 0 Å². The Morgan fingerprint density at radius 3 is 2.46 bits per heavy atom. The molecule has 0 heterocycles. The normalized spacial score (nSPS) is 19.7. The molecule has 1 aliphatic rings. The van der Waals surface area contributed by atoms with Gasteiger partial charge in [-0.1, -0.05) is 6.42 Å². The van der Waals surface area contributed by atoms with E-state index in [9.17, 15) is 4.79 Å². The van der Waals surface area contributed by atoms with Gasteiger partial charge in [0.05, 0.1) is 12.0 Å². The van der Waals surface area contributed by atoms with Crippen LogP contribution in [-0.4, -0.2) is 25.7 Å². The van der Waals surface area contributed by atoms with Gasteiger partial charge in [-0.2, -0.15) is 0 Å². The highest BCUT2D eigenvalue weighted by Gasteiger charge is 2.44. The van der Waals surface area contributed by atoms with Crippen LogP contribution >= 0.6 is 0 Å². The molecule has 3 heteroatoms. The van der Waals surface area contributed by atoms with Gasteiger partial charge in [-0.05, 0) is 26.7 Å². The van der Waals surface area contributed by atoms with E-state index in [1.807, 2.05) is 13.8 Å². The van der Waals surface area contributed by atoms with Crippen molar-refractivity contribution in [3.63, 3.8) is 0 Å². The zero-order valence-corrected chi connectivity index (χ0v) is 8.72. The van der Waals surface area contributed by atoms with Crippen molar-refractivity contribution >= 4 is 5.91 Å². The summed E-state index contributed by atoms with van der Waals surface area (Å²) in [7, 11) is 1.66. The van der Waals surface area contributed by atoms with E-state index in [4.69, 9.17) is 4.74 Å². The molecule has 1 saturated carbocycles. The maximum atomic E-state index is 11.8. The second-order valence-corrected chi connectivity index (χ2v) is 4.20. The zero-order chi connectivity index (χ0) is 9.90. The molecule has 0 aromatic carbocycles. The fraction of sp³-hybridized carbons (Fsp3) is 0.900. The third-order valence-corrected chi connectivity index (χ3v) is 2.63. The van der Waals surface area contributed by atoms with Crippen LogP contribution < -0.4 is 5.32 Å². The Bertz CT molecular complexity index is 185. The maximum Gasteiger partial charge on any atom is 0.228 e. The van der Waals surface area contributed by atoms with Gasteiger partial charge < -0.3 is 10.1 Å². The highest BCUT2D eigenvalue weighted by atomic mass is 16.5. The van der Waals surface area contributed by atoms with E-state index in [0.717, 1.165) is 19.3 Å². The van der Waals surface area contributed by atoms with Gasteiger partial charge in [0, 0.05) is 13.2 Å². The molecule has 76 valence electrons. The number of carbonyl (C=O) groups excluding carboxylic acids is 1. The Morgan fingerprint density at radius 1 is 1.54 bits per heavy atom. The summed E-state index contributed by atoms with van der Waals surface area (Å²) in [5.74, 6) is 0.163. The summed E-state index contributed by atoms with van der Waals surface area (Å²) in [5, 5.41) is 2.95. The average molecular weight is 185 g/mol. The third kappa shape index (κ3) is 2.21. The van der Waals surface area contributed by atoms with Gasteiger partial charge in [-0.15, -0.1) is 0 Å². The molecule has 0 spiro atoms. The SMILES string of the molecule is COCC1(C(=O)NC(C)C)CCC1. The predicted molar refractivity (Wildman–Crippen MR) is 51.4 cm³/mol. The van der Waals surface area contributed by atoms with Crippen molar-refractivity contribution in [1.82, 2.24) is 5.32 Å². The number of hydrogen-bond acceptors (Lipinski definition) is 2. The zero-order valence-electron chi connectivity index (χ0n) is 8.72. The molecule has 0 aromatic heterocycles. The van der Waals surface area contributed by atoms with E-state index >= 15 is 0 Å². The molecule has 0 radical (unpaired) electrons. The van der Waals surface area contributed by atoms with Crippen molar-refractivity contribution in [3.8, 4) is 0 Å². The lowest BCUT2D eigenvalue weighted by molar-refractivity contribution is -0.141. The van der Waals surface area contributed by atoms with Crippen LogP contribution in [0.2, 0.25) is 0 Å². The van der Waals surface area contributed by atoms with E-state index in [1.54, 1.807) is 7.11 Å². The van der Waals surface area contributed by atoms with Gasteiger partial charge in [0.25, 0.3) is 0 Å². The number of methoxy groups -OCH3 is 1. The van der Waals surface area contributed by atoms with E-state index < -0.39 is 0 Å². The van der Waals surface area contributed by atoms with Gasteiger partial charge in [0.1, 0.15) is 0 Å². The van der Waals surface area contributed by atoms with Gasteiger partial charge in [0.15, 0.2) is 0 Å². The first-order valence-corrected chi connectivity index (χ1v) is 4.91. The Kier molecular flexibility index (Phi) is 3.31. The minimum atomic E-state index is -0.209. The lowest BCUT2D eigenvalue weighted by Crippen LogP contribution is -2.50. The molecular formula is C10H19NO2. The quantitative estimate of drug-likeness (QED) is 0.717. The minimum Gasteiger partial charge on any atom is -0.384 e. The van der Waals surface area contributed by atoms with Crippen molar-refractivity contribution in [1.29, 1.82) is 0 Å². The lowest BCUT2D eigenvalue weighted by atomic mass is 9.68. The molecule has 13 heavy (non-hydrogen) atoms. The molecule has 1 aliphatic carbocycles.